The quantitative estimate of drug-likeness (QED) is 0.578. The lowest BCUT2D eigenvalue weighted by Crippen LogP contribution is -2.22. The largest absolute Gasteiger partial charge is 0.498 e. The average molecular weight is 372 g/mol. The minimum atomic E-state index is -4.02. The Kier molecular flexibility index (Phi) is 5.83. The van der Waals surface area contributed by atoms with E-state index in [0.29, 0.717) is 11.5 Å². The number of rotatable bonds is 6. The molecule has 5 heteroatoms. The lowest BCUT2D eigenvalue weighted by atomic mass is 9.90. The number of carbonyl (C=O) groups excluding carboxylic acids is 1. The molecule has 2 aromatic carbocycles. The normalized spacial score (nSPS) is 15.5. The van der Waals surface area contributed by atoms with E-state index in [1.165, 1.54) is 0 Å². The summed E-state index contributed by atoms with van der Waals surface area (Å²) in [4.78, 5) is 13.1. The Labute approximate surface area is 155 Å². The first-order valence-electron chi connectivity index (χ1n) is 9.14. The Balaban J connectivity index is 1.94. The molecular formula is C21H25O4P. The standard InChI is InChI=1S/C21H25O4P/c1-16-10-6-8-14-19(16)24-26(23,21(22)18-12-4-3-5-13-18)25-20-15-9-7-11-17(20)2/h6-11,14-15,18H,3-5,12-13H2,1-2H3. The van der Waals surface area contributed by atoms with E-state index in [1.54, 1.807) is 24.3 Å². The third-order valence-corrected chi connectivity index (χ3v) is 6.63. The molecule has 0 atom stereocenters. The molecule has 0 N–H and O–H groups in total. The van der Waals surface area contributed by atoms with Crippen LogP contribution in [0.5, 0.6) is 11.5 Å². The zero-order valence-electron chi connectivity index (χ0n) is 15.3. The number of hydrogen-bond acceptors (Lipinski definition) is 4. The summed E-state index contributed by atoms with van der Waals surface area (Å²) in [5, 5.41) is 0. The van der Waals surface area contributed by atoms with Gasteiger partial charge in [-0.25, -0.2) is 4.57 Å². The van der Waals surface area contributed by atoms with Gasteiger partial charge in [0.25, 0.3) is 5.52 Å². The van der Waals surface area contributed by atoms with Gasteiger partial charge in [-0.05, 0) is 49.9 Å². The first-order valence-corrected chi connectivity index (χ1v) is 10.7. The van der Waals surface area contributed by atoms with Gasteiger partial charge in [0.15, 0.2) is 0 Å². The maximum absolute atomic E-state index is 13.7. The van der Waals surface area contributed by atoms with Crippen LogP contribution in [0.1, 0.15) is 43.2 Å². The van der Waals surface area contributed by atoms with Crippen LogP contribution in [0.3, 0.4) is 0 Å². The first-order chi connectivity index (χ1) is 12.5. The fourth-order valence-corrected chi connectivity index (χ4v) is 5.11. The SMILES string of the molecule is Cc1ccccc1OP(=O)(Oc1ccccc1C)C(=O)C1CCCCC1. The van der Waals surface area contributed by atoms with Crippen LogP contribution in [-0.2, 0) is 9.36 Å². The summed E-state index contributed by atoms with van der Waals surface area (Å²) in [5.74, 6) is 0.588. The summed E-state index contributed by atoms with van der Waals surface area (Å²) in [6.45, 7) is 3.72. The Bertz CT molecular complexity index is 773. The van der Waals surface area contributed by atoms with Crippen LogP contribution in [-0.4, -0.2) is 5.52 Å². The van der Waals surface area contributed by atoms with Crippen LogP contribution in [0.2, 0.25) is 0 Å². The molecule has 3 rings (SSSR count). The summed E-state index contributed by atoms with van der Waals surface area (Å²) >= 11 is 0. The highest BCUT2D eigenvalue weighted by molar-refractivity contribution is 7.72. The predicted molar refractivity (Wildman–Crippen MR) is 103 cm³/mol. The maximum Gasteiger partial charge on any atom is 0.498 e. The van der Waals surface area contributed by atoms with Crippen molar-refractivity contribution >= 4 is 13.1 Å². The van der Waals surface area contributed by atoms with Gasteiger partial charge in [0.05, 0.1) is 0 Å². The second kappa shape index (κ2) is 8.09. The van der Waals surface area contributed by atoms with E-state index < -0.39 is 13.1 Å². The minimum Gasteiger partial charge on any atom is -0.411 e. The van der Waals surface area contributed by atoms with Crippen molar-refractivity contribution in [2.45, 2.75) is 46.0 Å². The van der Waals surface area contributed by atoms with Gasteiger partial charge < -0.3 is 9.05 Å². The molecule has 0 heterocycles. The Morgan fingerprint density at radius 3 is 1.77 bits per heavy atom. The summed E-state index contributed by atoms with van der Waals surface area (Å²) in [5.41, 5.74) is 1.24. The highest BCUT2D eigenvalue weighted by Gasteiger charge is 2.43. The topological polar surface area (TPSA) is 52.6 Å². The molecule has 0 amide bonds. The Morgan fingerprint density at radius 2 is 1.31 bits per heavy atom. The van der Waals surface area contributed by atoms with E-state index in [-0.39, 0.29) is 5.92 Å². The van der Waals surface area contributed by atoms with Crippen LogP contribution < -0.4 is 9.05 Å². The molecule has 0 spiro atoms. The fraction of sp³-hybridized carbons (Fsp3) is 0.381. The molecule has 138 valence electrons. The first kappa shape index (κ1) is 18.7. The van der Waals surface area contributed by atoms with Gasteiger partial charge in [0.1, 0.15) is 11.5 Å². The molecule has 1 saturated carbocycles. The Hall–Kier alpha value is -2.06. The van der Waals surface area contributed by atoms with E-state index in [4.69, 9.17) is 9.05 Å². The van der Waals surface area contributed by atoms with Crippen LogP contribution in [0.25, 0.3) is 0 Å². The maximum atomic E-state index is 13.7. The number of para-hydroxylation sites is 2. The molecule has 4 nitrogen and oxygen atoms in total. The monoisotopic (exact) mass is 372 g/mol. The zero-order chi connectivity index (χ0) is 18.6. The van der Waals surface area contributed by atoms with Gasteiger partial charge in [-0.2, -0.15) is 0 Å². The second-order valence-corrected chi connectivity index (χ2v) is 8.69. The van der Waals surface area contributed by atoms with E-state index in [9.17, 15) is 9.36 Å². The van der Waals surface area contributed by atoms with Gasteiger partial charge in [-0.15, -0.1) is 0 Å². The molecule has 1 fully saturated rings. The van der Waals surface area contributed by atoms with Crippen LogP contribution in [0.15, 0.2) is 48.5 Å². The third kappa shape index (κ3) is 4.19. The average Bonchev–Trinajstić information content (AvgIpc) is 2.66. The minimum absolute atomic E-state index is 0.261. The van der Waals surface area contributed by atoms with Gasteiger partial charge in [-0.1, -0.05) is 55.7 Å². The van der Waals surface area contributed by atoms with Crippen molar-refractivity contribution in [3.63, 3.8) is 0 Å². The molecule has 0 bridgehead atoms. The van der Waals surface area contributed by atoms with Crippen molar-refractivity contribution in [1.82, 2.24) is 0 Å². The number of aryl methyl sites for hydroxylation is 2. The summed E-state index contributed by atoms with van der Waals surface area (Å²) in [6, 6.07) is 14.5. The molecule has 0 aliphatic heterocycles. The molecule has 1 aliphatic carbocycles. The van der Waals surface area contributed by atoms with Crippen molar-refractivity contribution < 1.29 is 18.4 Å². The van der Waals surface area contributed by atoms with Crippen molar-refractivity contribution in [3.05, 3.63) is 59.7 Å². The predicted octanol–water partition coefficient (Wildman–Crippen LogP) is 6.06. The van der Waals surface area contributed by atoms with E-state index >= 15 is 0 Å². The number of carbonyl (C=O) groups is 1. The number of benzene rings is 2. The molecule has 0 unspecified atom stereocenters. The highest BCUT2D eigenvalue weighted by Crippen LogP contribution is 2.53. The van der Waals surface area contributed by atoms with Gasteiger partial charge >= 0.3 is 7.60 Å². The van der Waals surface area contributed by atoms with Crippen LogP contribution in [0.4, 0.5) is 0 Å². The second-order valence-electron chi connectivity index (χ2n) is 6.88. The molecule has 0 radical (unpaired) electrons. The van der Waals surface area contributed by atoms with Crippen molar-refractivity contribution in [1.29, 1.82) is 0 Å². The molecule has 1 aliphatic rings. The van der Waals surface area contributed by atoms with Gasteiger partial charge in [0, 0.05) is 5.92 Å². The van der Waals surface area contributed by atoms with Crippen LogP contribution >= 0.6 is 7.60 Å². The number of hydrogen-bond donors (Lipinski definition) is 0. The summed E-state index contributed by atoms with van der Waals surface area (Å²) < 4.78 is 25.2. The van der Waals surface area contributed by atoms with E-state index in [2.05, 4.69) is 0 Å². The molecular weight excluding hydrogens is 347 g/mol. The smallest absolute Gasteiger partial charge is 0.411 e. The molecule has 26 heavy (non-hydrogen) atoms. The molecule has 0 saturated heterocycles. The lowest BCUT2D eigenvalue weighted by molar-refractivity contribution is -0.117. The summed E-state index contributed by atoms with van der Waals surface area (Å²) in [6.07, 6.45) is 4.57. The third-order valence-electron chi connectivity index (χ3n) is 4.85. The van der Waals surface area contributed by atoms with Crippen molar-refractivity contribution in [3.8, 4) is 11.5 Å². The zero-order valence-corrected chi connectivity index (χ0v) is 16.2. The van der Waals surface area contributed by atoms with Crippen molar-refractivity contribution in [2.24, 2.45) is 5.92 Å². The molecule has 0 aromatic heterocycles. The highest BCUT2D eigenvalue weighted by atomic mass is 31.2. The lowest BCUT2D eigenvalue weighted by Gasteiger charge is -2.26. The Morgan fingerprint density at radius 1 is 0.846 bits per heavy atom. The van der Waals surface area contributed by atoms with Crippen LogP contribution in [0, 0.1) is 19.8 Å². The molecule has 2 aromatic rings. The van der Waals surface area contributed by atoms with E-state index in [0.717, 1.165) is 43.2 Å². The fourth-order valence-electron chi connectivity index (χ4n) is 3.26. The van der Waals surface area contributed by atoms with Crippen molar-refractivity contribution in [2.75, 3.05) is 0 Å². The van der Waals surface area contributed by atoms with Gasteiger partial charge in [0.2, 0.25) is 0 Å². The van der Waals surface area contributed by atoms with E-state index in [1.807, 2.05) is 38.1 Å². The van der Waals surface area contributed by atoms with Gasteiger partial charge in [-0.3, -0.25) is 4.79 Å². The summed E-state index contributed by atoms with van der Waals surface area (Å²) in [7, 11) is -4.02.